The molecule has 72 valence electrons. The van der Waals surface area contributed by atoms with Crippen LogP contribution in [0.25, 0.3) is 0 Å². The van der Waals surface area contributed by atoms with Gasteiger partial charge in [0.1, 0.15) is 5.78 Å². The van der Waals surface area contributed by atoms with E-state index < -0.39 is 0 Å². The Morgan fingerprint density at radius 2 is 1.50 bits per heavy atom. The van der Waals surface area contributed by atoms with Crippen molar-refractivity contribution in [1.29, 1.82) is 0 Å². The number of hydrogen-bond acceptors (Lipinski definition) is 1. The zero-order valence-electron chi connectivity index (χ0n) is 9.05. The van der Waals surface area contributed by atoms with Crippen molar-refractivity contribution < 1.29 is 4.79 Å². The maximum absolute atomic E-state index is 11.7. The molecule has 0 aromatic carbocycles. The van der Waals surface area contributed by atoms with Crippen molar-refractivity contribution in [3.05, 3.63) is 0 Å². The molecule has 0 aliphatic carbocycles. The van der Waals surface area contributed by atoms with Gasteiger partial charge < -0.3 is 0 Å². The van der Waals surface area contributed by atoms with Crippen LogP contribution in [0.1, 0.15) is 47.5 Å². The second-order valence-corrected chi connectivity index (χ2v) is 3.95. The SMILES string of the molecule is CCC(CC)C(=O)C(C)C(C)C. The van der Waals surface area contributed by atoms with E-state index in [1.807, 2.05) is 6.92 Å². The van der Waals surface area contributed by atoms with Crippen LogP contribution in [-0.2, 0) is 4.79 Å². The molecular formula is C11H22O. The number of ketones is 1. The van der Waals surface area contributed by atoms with Gasteiger partial charge in [-0.15, -0.1) is 0 Å². The minimum absolute atomic E-state index is 0.231. The molecule has 0 bridgehead atoms. The van der Waals surface area contributed by atoms with E-state index in [2.05, 4.69) is 27.7 Å². The van der Waals surface area contributed by atoms with Gasteiger partial charge in [0, 0.05) is 11.8 Å². The fraction of sp³-hybridized carbons (Fsp3) is 0.909. The molecule has 1 atom stereocenters. The van der Waals surface area contributed by atoms with Crippen LogP contribution in [0.2, 0.25) is 0 Å². The third-order valence-electron chi connectivity index (χ3n) is 2.84. The average molecular weight is 170 g/mol. The van der Waals surface area contributed by atoms with Crippen LogP contribution in [0.15, 0.2) is 0 Å². The molecule has 0 fully saturated rings. The van der Waals surface area contributed by atoms with Crippen molar-refractivity contribution in [2.24, 2.45) is 17.8 Å². The second kappa shape index (κ2) is 5.34. The standard InChI is InChI=1S/C11H22O/c1-6-10(7-2)11(12)9(5)8(3)4/h8-10H,6-7H2,1-5H3. The zero-order valence-corrected chi connectivity index (χ0v) is 9.05. The summed E-state index contributed by atoms with van der Waals surface area (Å²) in [4.78, 5) is 11.7. The van der Waals surface area contributed by atoms with E-state index in [9.17, 15) is 4.79 Å². The van der Waals surface area contributed by atoms with E-state index in [1.165, 1.54) is 0 Å². The first-order chi connectivity index (χ1) is 5.54. The van der Waals surface area contributed by atoms with Crippen LogP contribution in [-0.4, -0.2) is 5.78 Å². The van der Waals surface area contributed by atoms with Crippen molar-refractivity contribution in [2.75, 3.05) is 0 Å². The molecule has 1 nitrogen and oxygen atoms in total. The summed E-state index contributed by atoms with van der Waals surface area (Å²) in [7, 11) is 0. The topological polar surface area (TPSA) is 17.1 Å². The summed E-state index contributed by atoms with van der Waals surface area (Å²) in [6.07, 6.45) is 1.98. The molecule has 1 unspecified atom stereocenters. The molecule has 0 aromatic rings. The van der Waals surface area contributed by atoms with E-state index >= 15 is 0 Å². The predicted octanol–water partition coefficient (Wildman–Crippen LogP) is 3.28. The monoisotopic (exact) mass is 170 g/mol. The maximum atomic E-state index is 11.7. The van der Waals surface area contributed by atoms with E-state index in [1.54, 1.807) is 0 Å². The molecular weight excluding hydrogens is 148 g/mol. The molecule has 0 amide bonds. The van der Waals surface area contributed by atoms with E-state index in [-0.39, 0.29) is 5.92 Å². The van der Waals surface area contributed by atoms with Crippen LogP contribution in [0.5, 0.6) is 0 Å². The number of Topliss-reactive ketones (excluding diaryl/α,β-unsaturated/α-hetero) is 1. The maximum Gasteiger partial charge on any atom is 0.138 e. The molecule has 0 aromatic heterocycles. The van der Waals surface area contributed by atoms with Gasteiger partial charge in [0.05, 0.1) is 0 Å². The molecule has 0 heterocycles. The summed E-state index contributed by atoms with van der Waals surface area (Å²) in [5.74, 6) is 1.46. The largest absolute Gasteiger partial charge is 0.299 e. The lowest BCUT2D eigenvalue weighted by Gasteiger charge is -2.19. The van der Waals surface area contributed by atoms with Crippen molar-refractivity contribution in [3.63, 3.8) is 0 Å². The quantitative estimate of drug-likeness (QED) is 0.619. The highest BCUT2D eigenvalue weighted by atomic mass is 16.1. The summed E-state index contributed by atoms with van der Waals surface area (Å²) in [5.41, 5.74) is 0. The fourth-order valence-electron chi connectivity index (χ4n) is 1.39. The van der Waals surface area contributed by atoms with Crippen molar-refractivity contribution >= 4 is 5.78 Å². The normalized spacial score (nSPS) is 13.9. The Kier molecular flexibility index (Phi) is 5.19. The Bertz CT molecular complexity index is 130. The summed E-state index contributed by atoms with van der Waals surface area (Å²) >= 11 is 0. The van der Waals surface area contributed by atoms with Crippen molar-refractivity contribution in [1.82, 2.24) is 0 Å². The van der Waals surface area contributed by atoms with Gasteiger partial charge >= 0.3 is 0 Å². The van der Waals surface area contributed by atoms with Crippen LogP contribution >= 0.6 is 0 Å². The van der Waals surface area contributed by atoms with Crippen LogP contribution in [0.3, 0.4) is 0 Å². The van der Waals surface area contributed by atoms with E-state index in [0.717, 1.165) is 12.8 Å². The smallest absolute Gasteiger partial charge is 0.138 e. The molecule has 0 radical (unpaired) electrons. The van der Waals surface area contributed by atoms with Crippen molar-refractivity contribution in [3.8, 4) is 0 Å². The van der Waals surface area contributed by atoms with Gasteiger partial charge in [0.15, 0.2) is 0 Å². The van der Waals surface area contributed by atoms with Gasteiger partial charge in [-0.3, -0.25) is 4.79 Å². The predicted molar refractivity (Wildman–Crippen MR) is 53.1 cm³/mol. The highest BCUT2D eigenvalue weighted by molar-refractivity contribution is 5.83. The Balaban J connectivity index is 4.16. The third kappa shape index (κ3) is 2.96. The highest BCUT2D eigenvalue weighted by Crippen LogP contribution is 2.20. The molecule has 1 heteroatoms. The number of hydrogen-bond donors (Lipinski definition) is 0. The summed E-state index contributed by atoms with van der Waals surface area (Å²) in [6, 6.07) is 0. The Labute approximate surface area is 76.6 Å². The van der Waals surface area contributed by atoms with Gasteiger partial charge in [0.2, 0.25) is 0 Å². The number of rotatable bonds is 5. The lowest BCUT2D eigenvalue weighted by molar-refractivity contribution is -0.127. The number of carbonyl (C=O) groups is 1. The van der Waals surface area contributed by atoms with Gasteiger partial charge in [-0.25, -0.2) is 0 Å². The Morgan fingerprint density at radius 3 is 1.75 bits per heavy atom. The first kappa shape index (κ1) is 11.7. The van der Waals surface area contributed by atoms with Gasteiger partial charge in [-0.2, -0.15) is 0 Å². The first-order valence-electron chi connectivity index (χ1n) is 5.08. The average Bonchev–Trinajstić information content (AvgIpc) is 2.05. The first-order valence-corrected chi connectivity index (χ1v) is 5.08. The Hall–Kier alpha value is -0.330. The third-order valence-corrected chi connectivity index (χ3v) is 2.84. The molecule has 0 rings (SSSR count). The summed E-state index contributed by atoms with van der Waals surface area (Å²) in [6.45, 7) is 10.5. The van der Waals surface area contributed by atoms with Crippen LogP contribution in [0.4, 0.5) is 0 Å². The zero-order chi connectivity index (χ0) is 9.72. The number of carbonyl (C=O) groups excluding carboxylic acids is 1. The molecule has 0 saturated heterocycles. The lowest BCUT2D eigenvalue weighted by atomic mass is 9.84. The molecule has 0 aliphatic rings. The summed E-state index contributed by atoms with van der Waals surface area (Å²) < 4.78 is 0. The van der Waals surface area contributed by atoms with E-state index in [4.69, 9.17) is 0 Å². The highest BCUT2D eigenvalue weighted by Gasteiger charge is 2.22. The van der Waals surface area contributed by atoms with Gasteiger partial charge in [-0.1, -0.05) is 34.6 Å². The van der Waals surface area contributed by atoms with Gasteiger partial charge in [-0.05, 0) is 18.8 Å². The Morgan fingerprint density at radius 1 is 1.08 bits per heavy atom. The molecule has 0 aliphatic heterocycles. The molecule has 0 spiro atoms. The molecule has 12 heavy (non-hydrogen) atoms. The molecule has 0 saturated carbocycles. The summed E-state index contributed by atoms with van der Waals surface area (Å²) in [5, 5.41) is 0. The van der Waals surface area contributed by atoms with Crippen LogP contribution in [0, 0.1) is 17.8 Å². The van der Waals surface area contributed by atoms with E-state index in [0.29, 0.717) is 17.6 Å². The minimum atomic E-state index is 0.231. The van der Waals surface area contributed by atoms with Crippen molar-refractivity contribution in [2.45, 2.75) is 47.5 Å². The van der Waals surface area contributed by atoms with Crippen LogP contribution < -0.4 is 0 Å². The van der Waals surface area contributed by atoms with Gasteiger partial charge in [0.25, 0.3) is 0 Å². The molecule has 0 N–H and O–H groups in total. The minimum Gasteiger partial charge on any atom is -0.299 e. The lowest BCUT2D eigenvalue weighted by Crippen LogP contribution is -2.24. The fourth-order valence-corrected chi connectivity index (χ4v) is 1.39. The second-order valence-electron chi connectivity index (χ2n) is 3.95.